The van der Waals surface area contributed by atoms with Gasteiger partial charge in [-0.05, 0) is 25.7 Å². The minimum absolute atomic E-state index is 0.251. The predicted molar refractivity (Wildman–Crippen MR) is 60.6 cm³/mol. The molecule has 0 aromatic rings. The van der Waals surface area contributed by atoms with Crippen molar-refractivity contribution in [3.63, 3.8) is 0 Å². The van der Waals surface area contributed by atoms with Gasteiger partial charge >= 0.3 is 5.97 Å². The third kappa shape index (κ3) is 4.47. The van der Waals surface area contributed by atoms with Crippen LogP contribution in [0, 0.1) is 5.92 Å². The molecular weight excluding hydrogens is 190 g/mol. The van der Waals surface area contributed by atoms with Crippen LogP contribution in [0.1, 0.15) is 33.1 Å². The van der Waals surface area contributed by atoms with Crippen molar-refractivity contribution in [3.8, 4) is 0 Å². The Morgan fingerprint density at radius 1 is 1.53 bits per heavy atom. The van der Waals surface area contributed by atoms with Crippen molar-refractivity contribution in [1.29, 1.82) is 0 Å². The van der Waals surface area contributed by atoms with Crippen LogP contribution in [0.3, 0.4) is 0 Å². The van der Waals surface area contributed by atoms with Crippen molar-refractivity contribution in [1.82, 2.24) is 5.32 Å². The number of ether oxygens (including phenoxy) is 1. The number of nitrogens with one attached hydrogen (secondary N) is 1. The second-order valence-electron chi connectivity index (χ2n) is 4.08. The van der Waals surface area contributed by atoms with E-state index in [4.69, 9.17) is 4.74 Å². The second kappa shape index (κ2) is 6.62. The standard InChI is InChI=1S/C12H21NO2/c1-3-15-12(14)8-5-9-13-11-7-4-6-10(11)2/h5,8,10-11,13H,3-4,6-7,9H2,1-2H3/b8-5+. The molecule has 0 amide bonds. The molecule has 1 fully saturated rings. The summed E-state index contributed by atoms with van der Waals surface area (Å²) >= 11 is 0. The summed E-state index contributed by atoms with van der Waals surface area (Å²) in [6.45, 7) is 5.29. The number of rotatable bonds is 5. The van der Waals surface area contributed by atoms with Crippen LogP contribution in [0.15, 0.2) is 12.2 Å². The Labute approximate surface area is 91.9 Å². The molecule has 0 saturated heterocycles. The first-order valence-corrected chi connectivity index (χ1v) is 5.80. The Kier molecular flexibility index (Phi) is 5.40. The average Bonchev–Trinajstić information content (AvgIpc) is 2.60. The third-order valence-corrected chi connectivity index (χ3v) is 2.90. The summed E-state index contributed by atoms with van der Waals surface area (Å²) < 4.78 is 4.78. The van der Waals surface area contributed by atoms with Gasteiger partial charge in [-0.2, -0.15) is 0 Å². The summed E-state index contributed by atoms with van der Waals surface area (Å²) in [4.78, 5) is 11.0. The van der Waals surface area contributed by atoms with Gasteiger partial charge < -0.3 is 10.1 Å². The van der Waals surface area contributed by atoms with E-state index in [0.29, 0.717) is 12.6 Å². The van der Waals surface area contributed by atoms with Gasteiger partial charge in [0.25, 0.3) is 0 Å². The molecule has 0 aliphatic heterocycles. The molecule has 1 aliphatic carbocycles. The van der Waals surface area contributed by atoms with E-state index < -0.39 is 0 Å². The van der Waals surface area contributed by atoms with Crippen molar-refractivity contribution in [2.24, 2.45) is 5.92 Å². The fourth-order valence-corrected chi connectivity index (χ4v) is 2.01. The molecule has 0 aromatic carbocycles. The van der Waals surface area contributed by atoms with Gasteiger partial charge in [0.2, 0.25) is 0 Å². The highest BCUT2D eigenvalue weighted by Crippen LogP contribution is 2.24. The van der Waals surface area contributed by atoms with E-state index in [1.807, 2.05) is 13.0 Å². The van der Waals surface area contributed by atoms with Gasteiger partial charge in [-0.1, -0.05) is 19.4 Å². The minimum atomic E-state index is -0.251. The van der Waals surface area contributed by atoms with Gasteiger partial charge in [0, 0.05) is 18.7 Å². The largest absolute Gasteiger partial charge is 0.463 e. The first-order valence-electron chi connectivity index (χ1n) is 5.80. The topological polar surface area (TPSA) is 38.3 Å². The number of carbonyl (C=O) groups excluding carboxylic acids is 1. The molecular formula is C12H21NO2. The minimum Gasteiger partial charge on any atom is -0.463 e. The number of carbonyl (C=O) groups is 1. The molecule has 0 aromatic heterocycles. The summed E-state index contributed by atoms with van der Waals surface area (Å²) in [5.41, 5.74) is 0. The Balaban J connectivity index is 2.12. The maximum Gasteiger partial charge on any atom is 0.330 e. The van der Waals surface area contributed by atoms with Crippen molar-refractivity contribution in [2.75, 3.05) is 13.2 Å². The summed E-state index contributed by atoms with van der Waals surface area (Å²) in [5.74, 6) is 0.514. The SMILES string of the molecule is CCOC(=O)/C=C/CNC1CCCC1C. The summed E-state index contributed by atoms with van der Waals surface area (Å²) in [7, 11) is 0. The summed E-state index contributed by atoms with van der Waals surface area (Å²) in [6.07, 6.45) is 7.23. The Morgan fingerprint density at radius 3 is 2.93 bits per heavy atom. The average molecular weight is 211 g/mol. The first-order chi connectivity index (χ1) is 7.24. The predicted octanol–water partition coefficient (Wildman–Crippen LogP) is 1.88. The van der Waals surface area contributed by atoms with E-state index >= 15 is 0 Å². The van der Waals surface area contributed by atoms with Crippen LogP contribution in [-0.4, -0.2) is 25.2 Å². The monoisotopic (exact) mass is 211 g/mol. The molecule has 15 heavy (non-hydrogen) atoms. The van der Waals surface area contributed by atoms with Crippen LogP contribution in [0.5, 0.6) is 0 Å². The highest BCUT2D eigenvalue weighted by molar-refractivity contribution is 5.81. The third-order valence-electron chi connectivity index (χ3n) is 2.90. The highest BCUT2D eigenvalue weighted by atomic mass is 16.5. The van der Waals surface area contributed by atoms with Crippen molar-refractivity contribution in [3.05, 3.63) is 12.2 Å². The molecule has 2 atom stereocenters. The van der Waals surface area contributed by atoms with Gasteiger partial charge in [-0.25, -0.2) is 4.79 Å². The Hall–Kier alpha value is -0.830. The van der Waals surface area contributed by atoms with Crippen LogP contribution in [0.2, 0.25) is 0 Å². The molecule has 1 aliphatic rings. The van der Waals surface area contributed by atoms with Crippen LogP contribution in [0.4, 0.5) is 0 Å². The van der Waals surface area contributed by atoms with E-state index in [1.54, 1.807) is 0 Å². The van der Waals surface area contributed by atoms with Gasteiger partial charge in [0.15, 0.2) is 0 Å². The van der Waals surface area contributed by atoms with Gasteiger partial charge in [0.05, 0.1) is 6.61 Å². The van der Waals surface area contributed by atoms with Gasteiger partial charge in [0.1, 0.15) is 0 Å². The zero-order valence-electron chi connectivity index (χ0n) is 9.66. The molecule has 3 heteroatoms. The lowest BCUT2D eigenvalue weighted by atomic mass is 10.1. The van der Waals surface area contributed by atoms with E-state index in [-0.39, 0.29) is 5.97 Å². The zero-order valence-corrected chi connectivity index (χ0v) is 9.66. The maximum absolute atomic E-state index is 11.0. The molecule has 86 valence electrons. The molecule has 1 saturated carbocycles. The molecule has 3 nitrogen and oxygen atoms in total. The normalized spacial score (nSPS) is 26.0. The van der Waals surface area contributed by atoms with E-state index in [9.17, 15) is 4.79 Å². The lowest BCUT2D eigenvalue weighted by molar-refractivity contribution is -0.137. The molecule has 1 rings (SSSR count). The van der Waals surface area contributed by atoms with Crippen molar-refractivity contribution in [2.45, 2.75) is 39.2 Å². The number of hydrogen-bond acceptors (Lipinski definition) is 3. The first kappa shape index (κ1) is 12.2. The molecule has 0 radical (unpaired) electrons. The number of hydrogen-bond donors (Lipinski definition) is 1. The number of esters is 1. The molecule has 0 spiro atoms. The lowest BCUT2D eigenvalue weighted by Crippen LogP contribution is -2.31. The van der Waals surface area contributed by atoms with Crippen LogP contribution < -0.4 is 5.32 Å². The lowest BCUT2D eigenvalue weighted by Gasteiger charge is -2.15. The quantitative estimate of drug-likeness (QED) is 0.557. The molecule has 0 heterocycles. The van der Waals surface area contributed by atoms with E-state index in [0.717, 1.165) is 12.5 Å². The van der Waals surface area contributed by atoms with Crippen LogP contribution in [-0.2, 0) is 9.53 Å². The van der Waals surface area contributed by atoms with Crippen molar-refractivity contribution >= 4 is 5.97 Å². The molecule has 2 unspecified atom stereocenters. The van der Waals surface area contributed by atoms with Crippen LogP contribution >= 0.6 is 0 Å². The van der Waals surface area contributed by atoms with Crippen LogP contribution in [0.25, 0.3) is 0 Å². The maximum atomic E-state index is 11.0. The van der Waals surface area contributed by atoms with E-state index in [1.165, 1.54) is 25.3 Å². The summed E-state index contributed by atoms with van der Waals surface area (Å²) in [5, 5.41) is 3.43. The molecule has 1 N–H and O–H groups in total. The van der Waals surface area contributed by atoms with E-state index in [2.05, 4.69) is 12.2 Å². The van der Waals surface area contributed by atoms with Gasteiger partial charge in [-0.15, -0.1) is 0 Å². The van der Waals surface area contributed by atoms with Crippen molar-refractivity contribution < 1.29 is 9.53 Å². The fraction of sp³-hybridized carbons (Fsp3) is 0.750. The smallest absolute Gasteiger partial charge is 0.330 e. The fourth-order valence-electron chi connectivity index (χ4n) is 2.01. The molecule has 0 bridgehead atoms. The summed E-state index contributed by atoms with van der Waals surface area (Å²) in [6, 6.07) is 0.622. The highest BCUT2D eigenvalue weighted by Gasteiger charge is 2.21. The Morgan fingerprint density at radius 2 is 2.33 bits per heavy atom. The Bertz CT molecular complexity index is 226. The van der Waals surface area contributed by atoms with Gasteiger partial charge in [-0.3, -0.25) is 0 Å². The zero-order chi connectivity index (χ0) is 11.1. The second-order valence-corrected chi connectivity index (χ2v) is 4.08.